The first-order valence-corrected chi connectivity index (χ1v) is 11.7. The van der Waals surface area contributed by atoms with Gasteiger partial charge in [-0.3, -0.25) is 4.98 Å². The summed E-state index contributed by atoms with van der Waals surface area (Å²) in [5.41, 5.74) is 3.41. The number of pyridine rings is 1. The number of aromatic amines is 1. The van der Waals surface area contributed by atoms with E-state index < -0.39 is 9.84 Å². The summed E-state index contributed by atoms with van der Waals surface area (Å²) in [6, 6.07) is 16.1. The van der Waals surface area contributed by atoms with Crippen LogP contribution in [0.1, 0.15) is 18.5 Å². The third-order valence-corrected chi connectivity index (χ3v) is 6.35. The van der Waals surface area contributed by atoms with E-state index in [1.807, 2.05) is 44.4 Å². The van der Waals surface area contributed by atoms with Gasteiger partial charge in [-0.05, 0) is 63.5 Å². The average Bonchev–Trinajstić information content (AvgIpc) is 3.16. The van der Waals surface area contributed by atoms with E-state index in [4.69, 9.17) is 4.74 Å². The van der Waals surface area contributed by atoms with Crippen LogP contribution in [0.15, 0.2) is 65.7 Å². The number of rotatable bonds is 6. The SMILES string of the molecule is CC(c1cc2[nH]c(-c3ccccn3)nc2cc1Oc1ccc(S(C)(=O)=O)cc1)N(C)C. The molecule has 0 aliphatic rings. The van der Waals surface area contributed by atoms with Crippen LogP contribution in [0.4, 0.5) is 0 Å². The molecule has 0 fully saturated rings. The summed E-state index contributed by atoms with van der Waals surface area (Å²) in [7, 11) is 0.752. The summed E-state index contributed by atoms with van der Waals surface area (Å²) in [4.78, 5) is 14.7. The van der Waals surface area contributed by atoms with Gasteiger partial charge in [0.25, 0.3) is 0 Å². The van der Waals surface area contributed by atoms with Crippen molar-refractivity contribution in [2.75, 3.05) is 20.4 Å². The maximum Gasteiger partial charge on any atom is 0.175 e. The molecule has 0 bridgehead atoms. The lowest BCUT2D eigenvalue weighted by Gasteiger charge is -2.23. The van der Waals surface area contributed by atoms with Crippen LogP contribution in [0.2, 0.25) is 0 Å². The lowest BCUT2D eigenvalue weighted by molar-refractivity contribution is 0.313. The van der Waals surface area contributed by atoms with Crippen molar-refractivity contribution in [1.29, 1.82) is 0 Å². The molecule has 2 aromatic heterocycles. The number of aromatic nitrogens is 3. The van der Waals surface area contributed by atoms with Gasteiger partial charge in [0.1, 0.15) is 17.2 Å². The molecule has 0 spiro atoms. The molecular formula is C23H24N4O3S. The Bertz CT molecular complexity index is 1310. The van der Waals surface area contributed by atoms with Crippen LogP contribution < -0.4 is 4.74 Å². The Morgan fingerprint density at radius 1 is 1.06 bits per heavy atom. The van der Waals surface area contributed by atoms with Crippen LogP contribution in [-0.4, -0.2) is 48.6 Å². The highest BCUT2D eigenvalue weighted by atomic mass is 32.2. The molecule has 1 atom stereocenters. The van der Waals surface area contributed by atoms with Crippen molar-refractivity contribution in [1.82, 2.24) is 19.9 Å². The summed E-state index contributed by atoms with van der Waals surface area (Å²) in [5, 5.41) is 0. The fourth-order valence-corrected chi connectivity index (χ4v) is 3.88. The summed E-state index contributed by atoms with van der Waals surface area (Å²) in [5.74, 6) is 1.91. The Morgan fingerprint density at radius 3 is 2.42 bits per heavy atom. The molecule has 2 aromatic carbocycles. The van der Waals surface area contributed by atoms with Gasteiger partial charge >= 0.3 is 0 Å². The molecule has 2 heterocycles. The van der Waals surface area contributed by atoms with Gasteiger partial charge in [-0.25, -0.2) is 13.4 Å². The average molecular weight is 437 g/mol. The summed E-state index contributed by atoms with van der Waals surface area (Å²) >= 11 is 0. The lowest BCUT2D eigenvalue weighted by atomic mass is 10.1. The van der Waals surface area contributed by atoms with Gasteiger partial charge in [0.05, 0.1) is 15.9 Å². The van der Waals surface area contributed by atoms with Gasteiger partial charge in [0.15, 0.2) is 15.7 Å². The van der Waals surface area contributed by atoms with Crippen LogP contribution in [0.3, 0.4) is 0 Å². The van der Waals surface area contributed by atoms with Gasteiger partial charge in [-0.15, -0.1) is 0 Å². The van der Waals surface area contributed by atoms with E-state index in [9.17, 15) is 8.42 Å². The molecule has 160 valence electrons. The zero-order chi connectivity index (χ0) is 22.2. The molecular weight excluding hydrogens is 412 g/mol. The fraction of sp³-hybridized carbons (Fsp3) is 0.217. The molecule has 0 amide bonds. The van der Waals surface area contributed by atoms with Crippen LogP contribution in [0.25, 0.3) is 22.6 Å². The van der Waals surface area contributed by atoms with Crippen molar-refractivity contribution in [2.45, 2.75) is 17.9 Å². The summed E-state index contributed by atoms with van der Waals surface area (Å²) in [6.07, 6.45) is 2.92. The third kappa shape index (κ3) is 4.45. The minimum atomic E-state index is -3.26. The third-order valence-electron chi connectivity index (χ3n) is 5.23. The molecule has 1 unspecified atom stereocenters. The monoisotopic (exact) mass is 436 g/mol. The highest BCUT2D eigenvalue weighted by molar-refractivity contribution is 7.90. The minimum absolute atomic E-state index is 0.0799. The maximum absolute atomic E-state index is 11.7. The zero-order valence-corrected chi connectivity index (χ0v) is 18.6. The second kappa shape index (κ2) is 8.13. The van der Waals surface area contributed by atoms with E-state index in [1.54, 1.807) is 30.5 Å². The number of hydrogen-bond donors (Lipinski definition) is 1. The topological polar surface area (TPSA) is 88.2 Å². The van der Waals surface area contributed by atoms with Crippen LogP contribution in [-0.2, 0) is 9.84 Å². The standard InChI is InChI=1S/C23H24N4O3S/c1-15(27(2)3)18-13-20-21(26-23(25-20)19-7-5-6-12-24-19)14-22(18)30-16-8-10-17(11-9-16)31(4,28)29/h5-15H,1-4H3,(H,25,26). The van der Waals surface area contributed by atoms with Gasteiger partial charge in [-0.2, -0.15) is 0 Å². The molecule has 31 heavy (non-hydrogen) atoms. The Morgan fingerprint density at radius 2 is 1.81 bits per heavy atom. The van der Waals surface area contributed by atoms with Crippen LogP contribution in [0, 0.1) is 0 Å². The largest absolute Gasteiger partial charge is 0.457 e. The second-order valence-electron chi connectivity index (χ2n) is 7.69. The van der Waals surface area contributed by atoms with E-state index in [-0.39, 0.29) is 10.9 Å². The Labute approximate surface area is 181 Å². The van der Waals surface area contributed by atoms with Crippen molar-refractivity contribution >= 4 is 20.9 Å². The quantitative estimate of drug-likeness (QED) is 0.481. The number of ether oxygens (including phenoxy) is 1. The summed E-state index contributed by atoms with van der Waals surface area (Å²) in [6.45, 7) is 2.09. The van der Waals surface area contributed by atoms with E-state index in [0.29, 0.717) is 17.3 Å². The maximum atomic E-state index is 11.7. The highest BCUT2D eigenvalue weighted by Crippen LogP contribution is 2.35. The second-order valence-corrected chi connectivity index (χ2v) is 9.71. The lowest BCUT2D eigenvalue weighted by Crippen LogP contribution is -2.17. The number of hydrogen-bond acceptors (Lipinski definition) is 6. The van der Waals surface area contributed by atoms with Crippen molar-refractivity contribution in [3.05, 3.63) is 66.4 Å². The first kappa shape index (κ1) is 21.0. The Kier molecular flexibility index (Phi) is 5.51. The predicted molar refractivity (Wildman–Crippen MR) is 121 cm³/mol. The van der Waals surface area contributed by atoms with Crippen molar-refractivity contribution in [2.24, 2.45) is 0 Å². The number of sulfone groups is 1. The minimum Gasteiger partial charge on any atom is -0.457 e. The highest BCUT2D eigenvalue weighted by Gasteiger charge is 2.18. The Balaban J connectivity index is 1.77. The molecule has 4 aromatic rings. The number of imidazole rings is 1. The molecule has 7 nitrogen and oxygen atoms in total. The van der Waals surface area contributed by atoms with E-state index in [1.165, 1.54) is 6.26 Å². The number of benzene rings is 2. The van der Waals surface area contributed by atoms with Gasteiger partial charge < -0.3 is 14.6 Å². The van der Waals surface area contributed by atoms with Gasteiger partial charge in [0, 0.05) is 30.1 Å². The van der Waals surface area contributed by atoms with E-state index >= 15 is 0 Å². The zero-order valence-electron chi connectivity index (χ0n) is 17.8. The van der Waals surface area contributed by atoms with Gasteiger partial charge in [0.2, 0.25) is 0 Å². The fourth-order valence-electron chi connectivity index (χ4n) is 3.25. The molecule has 1 N–H and O–H groups in total. The first-order valence-electron chi connectivity index (χ1n) is 9.82. The summed E-state index contributed by atoms with van der Waals surface area (Å²) < 4.78 is 29.6. The smallest absolute Gasteiger partial charge is 0.175 e. The molecule has 4 rings (SSSR count). The normalized spacial score (nSPS) is 12.9. The molecule has 8 heteroatoms. The molecule has 0 radical (unpaired) electrons. The molecule has 0 aliphatic carbocycles. The van der Waals surface area contributed by atoms with Crippen LogP contribution >= 0.6 is 0 Å². The van der Waals surface area contributed by atoms with Crippen molar-refractivity contribution in [3.63, 3.8) is 0 Å². The van der Waals surface area contributed by atoms with Gasteiger partial charge in [-0.1, -0.05) is 6.07 Å². The number of nitrogens with zero attached hydrogens (tertiary/aromatic N) is 3. The molecule has 0 saturated carbocycles. The Hall–Kier alpha value is -3.23. The first-order chi connectivity index (χ1) is 14.7. The van der Waals surface area contributed by atoms with Crippen molar-refractivity contribution in [3.8, 4) is 23.0 Å². The predicted octanol–water partition coefficient (Wildman–Crippen LogP) is 4.44. The number of nitrogens with one attached hydrogen (secondary N) is 1. The molecule has 0 saturated heterocycles. The molecule has 0 aliphatic heterocycles. The number of fused-ring (bicyclic) bond motifs is 1. The van der Waals surface area contributed by atoms with E-state index in [2.05, 4.69) is 26.8 Å². The van der Waals surface area contributed by atoms with E-state index in [0.717, 1.165) is 22.3 Å². The number of H-pyrrole nitrogens is 1. The van der Waals surface area contributed by atoms with Crippen molar-refractivity contribution < 1.29 is 13.2 Å². The van der Waals surface area contributed by atoms with Crippen LogP contribution in [0.5, 0.6) is 11.5 Å².